The van der Waals surface area contributed by atoms with Crippen LogP contribution in [0.25, 0.3) is 0 Å². The van der Waals surface area contributed by atoms with Gasteiger partial charge in [0.05, 0.1) is 0 Å². The van der Waals surface area contributed by atoms with Crippen LogP contribution in [0.4, 0.5) is 0 Å². The molecule has 0 bridgehead atoms. The summed E-state index contributed by atoms with van der Waals surface area (Å²) >= 11 is 0. The van der Waals surface area contributed by atoms with E-state index >= 15 is 0 Å². The maximum atomic E-state index is 11.2. The molecule has 0 aliphatic heterocycles. The molecule has 1 aliphatic rings. The summed E-state index contributed by atoms with van der Waals surface area (Å²) < 4.78 is 11.2. The standard InChI is InChI=1S/C11H23NOS/c1-10(14(2)13)9-12-11-7-5-3-4-6-8-11/h10-12H,3-9H2,1-2H3. The van der Waals surface area contributed by atoms with Gasteiger partial charge in [0, 0.05) is 34.9 Å². The smallest absolute Gasteiger partial charge is 0.0441 e. The summed E-state index contributed by atoms with van der Waals surface area (Å²) in [6.07, 6.45) is 9.93. The molecule has 0 heterocycles. The second kappa shape index (κ2) is 6.57. The molecule has 84 valence electrons. The quantitative estimate of drug-likeness (QED) is 0.730. The van der Waals surface area contributed by atoms with Crippen LogP contribution in [0.15, 0.2) is 0 Å². The van der Waals surface area contributed by atoms with Crippen molar-refractivity contribution in [3.63, 3.8) is 0 Å². The van der Waals surface area contributed by atoms with Gasteiger partial charge in [-0.1, -0.05) is 25.7 Å². The molecule has 0 aromatic rings. The fourth-order valence-electron chi connectivity index (χ4n) is 1.93. The first-order chi connectivity index (χ1) is 6.70. The molecule has 2 atom stereocenters. The second-order valence-electron chi connectivity index (χ2n) is 4.41. The van der Waals surface area contributed by atoms with Gasteiger partial charge in [-0.3, -0.25) is 4.21 Å². The highest BCUT2D eigenvalue weighted by Gasteiger charge is 2.13. The van der Waals surface area contributed by atoms with Crippen LogP contribution in [-0.2, 0) is 10.8 Å². The van der Waals surface area contributed by atoms with Gasteiger partial charge in [0.2, 0.25) is 0 Å². The van der Waals surface area contributed by atoms with Crippen molar-refractivity contribution in [2.75, 3.05) is 12.8 Å². The van der Waals surface area contributed by atoms with Crippen molar-refractivity contribution in [3.05, 3.63) is 0 Å². The minimum Gasteiger partial charge on any atom is -0.313 e. The molecule has 0 radical (unpaired) electrons. The van der Waals surface area contributed by atoms with Gasteiger partial charge in [-0.05, 0) is 19.8 Å². The van der Waals surface area contributed by atoms with Crippen molar-refractivity contribution >= 4 is 10.8 Å². The first-order valence-electron chi connectivity index (χ1n) is 5.75. The Labute approximate surface area is 90.3 Å². The Kier molecular flexibility index (Phi) is 5.71. The van der Waals surface area contributed by atoms with E-state index < -0.39 is 10.8 Å². The van der Waals surface area contributed by atoms with E-state index in [1.54, 1.807) is 6.26 Å². The Bertz CT molecular complexity index is 176. The summed E-state index contributed by atoms with van der Waals surface area (Å²) in [5.74, 6) is 0. The van der Waals surface area contributed by atoms with Crippen LogP contribution in [0.5, 0.6) is 0 Å². The van der Waals surface area contributed by atoms with Crippen molar-refractivity contribution in [1.82, 2.24) is 5.32 Å². The molecule has 2 unspecified atom stereocenters. The van der Waals surface area contributed by atoms with Gasteiger partial charge in [-0.2, -0.15) is 0 Å². The van der Waals surface area contributed by atoms with Crippen LogP contribution < -0.4 is 5.32 Å². The number of hydrogen-bond donors (Lipinski definition) is 1. The zero-order valence-electron chi connectivity index (χ0n) is 9.42. The number of hydrogen-bond acceptors (Lipinski definition) is 2. The van der Waals surface area contributed by atoms with Crippen LogP contribution in [-0.4, -0.2) is 28.3 Å². The van der Waals surface area contributed by atoms with E-state index in [4.69, 9.17) is 0 Å². The molecule has 1 saturated carbocycles. The first-order valence-corrected chi connectivity index (χ1v) is 7.38. The Morgan fingerprint density at radius 2 is 1.86 bits per heavy atom. The fourth-order valence-corrected chi connectivity index (χ4v) is 2.26. The monoisotopic (exact) mass is 217 g/mol. The Hall–Kier alpha value is 0.110. The van der Waals surface area contributed by atoms with E-state index in [1.807, 2.05) is 0 Å². The van der Waals surface area contributed by atoms with Crippen LogP contribution in [0.2, 0.25) is 0 Å². The molecule has 14 heavy (non-hydrogen) atoms. The Morgan fingerprint density at radius 1 is 1.29 bits per heavy atom. The Morgan fingerprint density at radius 3 is 2.36 bits per heavy atom. The van der Waals surface area contributed by atoms with Crippen molar-refractivity contribution in [2.45, 2.75) is 56.7 Å². The third-order valence-electron chi connectivity index (χ3n) is 3.12. The normalized spacial score (nSPS) is 24.1. The molecule has 0 spiro atoms. The van der Waals surface area contributed by atoms with E-state index in [9.17, 15) is 4.21 Å². The largest absolute Gasteiger partial charge is 0.313 e. The van der Waals surface area contributed by atoms with E-state index in [0.29, 0.717) is 11.3 Å². The molecular weight excluding hydrogens is 194 g/mol. The maximum absolute atomic E-state index is 11.2. The van der Waals surface area contributed by atoms with Gasteiger partial charge in [0.1, 0.15) is 0 Å². The molecule has 0 amide bonds. The molecule has 3 heteroatoms. The average Bonchev–Trinajstić information content (AvgIpc) is 2.42. The van der Waals surface area contributed by atoms with Crippen molar-refractivity contribution in [2.24, 2.45) is 0 Å². The van der Waals surface area contributed by atoms with Crippen molar-refractivity contribution in [3.8, 4) is 0 Å². The minimum atomic E-state index is -0.681. The van der Waals surface area contributed by atoms with Gasteiger partial charge in [0.15, 0.2) is 0 Å². The predicted octanol–water partition coefficient (Wildman–Crippen LogP) is 2.07. The molecule has 2 nitrogen and oxygen atoms in total. The average molecular weight is 217 g/mol. The highest BCUT2D eigenvalue weighted by Crippen LogP contribution is 2.17. The highest BCUT2D eigenvalue weighted by atomic mass is 32.2. The van der Waals surface area contributed by atoms with Crippen LogP contribution in [0.3, 0.4) is 0 Å². The summed E-state index contributed by atoms with van der Waals surface area (Å²) in [7, 11) is -0.681. The second-order valence-corrected chi connectivity index (χ2v) is 6.21. The van der Waals surface area contributed by atoms with E-state index in [0.717, 1.165) is 6.54 Å². The van der Waals surface area contributed by atoms with Gasteiger partial charge < -0.3 is 5.32 Å². The third kappa shape index (κ3) is 4.56. The van der Waals surface area contributed by atoms with Crippen LogP contribution in [0, 0.1) is 0 Å². The zero-order valence-corrected chi connectivity index (χ0v) is 10.2. The van der Waals surface area contributed by atoms with E-state index in [-0.39, 0.29) is 0 Å². The molecule has 0 saturated heterocycles. The van der Waals surface area contributed by atoms with Crippen LogP contribution in [0.1, 0.15) is 45.4 Å². The predicted molar refractivity (Wildman–Crippen MR) is 63.0 cm³/mol. The van der Waals surface area contributed by atoms with Crippen molar-refractivity contribution < 1.29 is 4.21 Å². The lowest BCUT2D eigenvalue weighted by Crippen LogP contribution is -2.35. The first kappa shape index (κ1) is 12.2. The Balaban J connectivity index is 2.18. The summed E-state index contributed by atoms with van der Waals surface area (Å²) in [5, 5.41) is 3.84. The topological polar surface area (TPSA) is 29.1 Å². The van der Waals surface area contributed by atoms with Gasteiger partial charge in [-0.15, -0.1) is 0 Å². The van der Waals surface area contributed by atoms with E-state index in [2.05, 4.69) is 12.2 Å². The van der Waals surface area contributed by atoms with Gasteiger partial charge in [0.25, 0.3) is 0 Å². The van der Waals surface area contributed by atoms with Gasteiger partial charge >= 0.3 is 0 Å². The molecule has 1 fully saturated rings. The van der Waals surface area contributed by atoms with Crippen molar-refractivity contribution in [1.29, 1.82) is 0 Å². The summed E-state index contributed by atoms with van der Waals surface area (Å²) in [6.45, 7) is 2.97. The molecular formula is C11H23NOS. The maximum Gasteiger partial charge on any atom is 0.0441 e. The molecule has 1 N–H and O–H groups in total. The highest BCUT2D eigenvalue weighted by molar-refractivity contribution is 7.84. The number of rotatable bonds is 4. The lowest BCUT2D eigenvalue weighted by Gasteiger charge is -2.18. The minimum absolute atomic E-state index is 0.290. The van der Waals surface area contributed by atoms with E-state index in [1.165, 1.54) is 38.5 Å². The van der Waals surface area contributed by atoms with Gasteiger partial charge in [-0.25, -0.2) is 0 Å². The lowest BCUT2D eigenvalue weighted by atomic mass is 10.1. The summed E-state index contributed by atoms with van der Waals surface area (Å²) in [6, 6.07) is 0.684. The zero-order chi connectivity index (χ0) is 10.4. The summed E-state index contributed by atoms with van der Waals surface area (Å²) in [4.78, 5) is 0. The SMILES string of the molecule is CC(CNC1CCCCCC1)S(C)=O. The third-order valence-corrected chi connectivity index (χ3v) is 4.42. The summed E-state index contributed by atoms with van der Waals surface area (Å²) in [5.41, 5.74) is 0. The molecule has 1 rings (SSSR count). The fraction of sp³-hybridized carbons (Fsp3) is 1.00. The lowest BCUT2D eigenvalue weighted by molar-refractivity contribution is 0.461. The molecule has 0 aromatic heterocycles. The molecule has 0 aromatic carbocycles. The molecule has 1 aliphatic carbocycles. The number of nitrogens with one attached hydrogen (secondary N) is 1. The van der Waals surface area contributed by atoms with Crippen LogP contribution >= 0.6 is 0 Å².